The Morgan fingerprint density at radius 2 is 1.68 bits per heavy atom. The second kappa shape index (κ2) is 8.68. The van der Waals surface area contributed by atoms with Gasteiger partial charge in [-0.1, -0.05) is 74.5 Å². The molecule has 0 unspecified atom stereocenters. The van der Waals surface area contributed by atoms with E-state index in [9.17, 15) is 4.39 Å². The number of nitrogens with zero attached hydrogens (tertiary/aromatic N) is 1. The van der Waals surface area contributed by atoms with Gasteiger partial charge in [0.2, 0.25) is 0 Å². The standard InChI is InChI=1S/C20H17ClFN.C2H6/c1-3-23-14(2)12-13-16(15-8-5-4-6-9-15)20(23)19-17(21)10-7-11-18(19)22;1-2/h4-13H,2-3H2,1H3;1-2H3. The molecule has 3 heteroatoms. The number of allylic oxidation sites excluding steroid dienone is 3. The SMILES string of the molecule is C=C1C=CC(c2ccccc2)=C(c2c(F)cccc2Cl)N1CC.CC. The Labute approximate surface area is 154 Å². The van der Waals surface area contributed by atoms with Crippen LogP contribution in [-0.2, 0) is 0 Å². The molecule has 3 rings (SSSR count). The minimum absolute atomic E-state index is 0.331. The summed E-state index contributed by atoms with van der Waals surface area (Å²) in [6, 6.07) is 14.7. The molecule has 1 aliphatic heterocycles. The van der Waals surface area contributed by atoms with Crippen LogP contribution in [0.4, 0.5) is 4.39 Å². The number of likely N-dealkylation sites (N-methyl/N-ethyl adjacent to an activating group) is 1. The first-order valence-electron chi connectivity index (χ1n) is 8.52. The van der Waals surface area contributed by atoms with Crippen LogP contribution in [0.25, 0.3) is 11.3 Å². The zero-order valence-corrected chi connectivity index (χ0v) is 15.6. The first kappa shape index (κ1) is 19.0. The van der Waals surface area contributed by atoms with Crippen molar-refractivity contribution in [1.29, 1.82) is 0 Å². The van der Waals surface area contributed by atoms with E-state index in [0.717, 1.165) is 22.5 Å². The highest BCUT2D eigenvalue weighted by atomic mass is 35.5. The zero-order chi connectivity index (χ0) is 18.4. The Morgan fingerprint density at radius 3 is 2.28 bits per heavy atom. The largest absolute Gasteiger partial charge is 0.341 e. The number of hydrogen-bond acceptors (Lipinski definition) is 1. The summed E-state index contributed by atoms with van der Waals surface area (Å²) < 4.78 is 14.6. The summed E-state index contributed by atoms with van der Waals surface area (Å²) in [4.78, 5) is 1.99. The van der Waals surface area contributed by atoms with Crippen LogP contribution in [-0.4, -0.2) is 11.4 Å². The number of rotatable bonds is 3. The molecule has 0 atom stereocenters. The molecule has 0 amide bonds. The van der Waals surface area contributed by atoms with Crippen molar-refractivity contribution in [2.24, 2.45) is 0 Å². The number of hydrogen-bond donors (Lipinski definition) is 0. The normalized spacial score (nSPS) is 13.6. The van der Waals surface area contributed by atoms with Crippen molar-refractivity contribution >= 4 is 22.9 Å². The molecule has 0 aromatic heterocycles. The maximum atomic E-state index is 14.6. The first-order chi connectivity index (χ1) is 12.1. The Bertz CT molecular complexity index is 786. The van der Waals surface area contributed by atoms with Crippen LogP contribution in [0.1, 0.15) is 31.9 Å². The minimum atomic E-state index is -0.331. The Kier molecular flexibility index (Phi) is 6.60. The van der Waals surface area contributed by atoms with Gasteiger partial charge in [0.05, 0.1) is 16.3 Å². The average Bonchev–Trinajstić information content (AvgIpc) is 2.64. The summed E-state index contributed by atoms with van der Waals surface area (Å²) in [5.74, 6) is -0.331. The molecule has 0 saturated heterocycles. The van der Waals surface area contributed by atoms with Crippen molar-refractivity contribution < 1.29 is 4.39 Å². The third kappa shape index (κ3) is 3.85. The molecule has 0 saturated carbocycles. The van der Waals surface area contributed by atoms with E-state index in [-0.39, 0.29) is 5.82 Å². The Morgan fingerprint density at radius 1 is 1.00 bits per heavy atom. The molecule has 2 aromatic carbocycles. The lowest BCUT2D eigenvalue weighted by molar-refractivity contribution is 0.524. The fraction of sp³-hybridized carbons (Fsp3) is 0.182. The average molecular weight is 356 g/mol. The highest BCUT2D eigenvalue weighted by Gasteiger charge is 2.25. The second-order valence-corrected chi connectivity index (χ2v) is 5.70. The van der Waals surface area contributed by atoms with Crippen molar-refractivity contribution in [2.75, 3.05) is 6.54 Å². The lowest BCUT2D eigenvalue weighted by atomic mass is 9.94. The van der Waals surface area contributed by atoms with E-state index in [1.165, 1.54) is 6.07 Å². The number of halogens is 2. The molecule has 1 aliphatic rings. The van der Waals surface area contributed by atoms with E-state index >= 15 is 0 Å². The Hall–Kier alpha value is -2.32. The molecule has 0 aliphatic carbocycles. The molecule has 130 valence electrons. The predicted molar refractivity (Wildman–Crippen MR) is 107 cm³/mol. The zero-order valence-electron chi connectivity index (χ0n) is 14.9. The van der Waals surface area contributed by atoms with Crippen molar-refractivity contribution in [1.82, 2.24) is 4.90 Å². The van der Waals surface area contributed by atoms with Gasteiger partial charge in [-0.05, 0) is 30.7 Å². The molecular weight excluding hydrogens is 333 g/mol. The van der Waals surface area contributed by atoms with Crippen LogP contribution in [0, 0.1) is 5.82 Å². The second-order valence-electron chi connectivity index (χ2n) is 5.29. The quantitative estimate of drug-likeness (QED) is 0.586. The summed E-state index contributed by atoms with van der Waals surface area (Å²) in [6.07, 6.45) is 3.92. The summed E-state index contributed by atoms with van der Waals surface area (Å²) in [5.41, 5.74) is 3.95. The van der Waals surface area contributed by atoms with Crippen LogP contribution in [0.15, 0.2) is 73.0 Å². The van der Waals surface area contributed by atoms with Gasteiger partial charge in [-0.15, -0.1) is 0 Å². The van der Waals surface area contributed by atoms with E-state index < -0.39 is 0 Å². The van der Waals surface area contributed by atoms with Crippen LogP contribution < -0.4 is 0 Å². The molecule has 0 bridgehead atoms. The number of benzene rings is 2. The highest BCUT2D eigenvalue weighted by molar-refractivity contribution is 6.32. The molecule has 25 heavy (non-hydrogen) atoms. The van der Waals surface area contributed by atoms with Gasteiger partial charge in [0.1, 0.15) is 5.82 Å². The lowest BCUT2D eigenvalue weighted by Crippen LogP contribution is -2.24. The van der Waals surface area contributed by atoms with Crippen LogP contribution >= 0.6 is 11.6 Å². The van der Waals surface area contributed by atoms with E-state index in [2.05, 4.69) is 6.58 Å². The molecule has 0 fully saturated rings. The third-order valence-corrected chi connectivity index (χ3v) is 4.23. The minimum Gasteiger partial charge on any atom is -0.341 e. The highest BCUT2D eigenvalue weighted by Crippen LogP contribution is 2.39. The van der Waals surface area contributed by atoms with Gasteiger partial charge in [-0.3, -0.25) is 0 Å². The summed E-state index contributed by atoms with van der Waals surface area (Å²) in [7, 11) is 0. The molecule has 1 heterocycles. The topological polar surface area (TPSA) is 3.24 Å². The van der Waals surface area contributed by atoms with Gasteiger partial charge >= 0.3 is 0 Å². The fourth-order valence-corrected chi connectivity index (χ4v) is 3.10. The predicted octanol–water partition coefficient (Wildman–Crippen LogP) is 6.78. The van der Waals surface area contributed by atoms with Crippen LogP contribution in [0.5, 0.6) is 0 Å². The summed E-state index contributed by atoms with van der Waals surface area (Å²) >= 11 is 6.33. The smallest absolute Gasteiger partial charge is 0.134 e. The Balaban J connectivity index is 0.00000109. The van der Waals surface area contributed by atoms with Crippen molar-refractivity contribution in [2.45, 2.75) is 20.8 Å². The van der Waals surface area contributed by atoms with Gasteiger partial charge in [-0.25, -0.2) is 4.39 Å². The molecule has 1 nitrogen and oxygen atoms in total. The van der Waals surface area contributed by atoms with E-state index in [4.69, 9.17) is 11.6 Å². The van der Waals surface area contributed by atoms with Gasteiger partial charge in [0.25, 0.3) is 0 Å². The van der Waals surface area contributed by atoms with Gasteiger partial charge in [-0.2, -0.15) is 0 Å². The van der Waals surface area contributed by atoms with Gasteiger partial charge in [0.15, 0.2) is 0 Å². The van der Waals surface area contributed by atoms with Crippen LogP contribution in [0.2, 0.25) is 5.02 Å². The third-order valence-electron chi connectivity index (χ3n) is 3.91. The maximum Gasteiger partial charge on any atom is 0.134 e. The van der Waals surface area contributed by atoms with Gasteiger partial charge in [0, 0.05) is 17.8 Å². The van der Waals surface area contributed by atoms with E-state index in [1.54, 1.807) is 12.1 Å². The first-order valence-corrected chi connectivity index (χ1v) is 8.90. The van der Waals surface area contributed by atoms with E-state index in [0.29, 0.717) is 17.1 Å². The molecule has 0 radical (unpaired) electrons. The summed E-state index contributed by atoms with van der Waals surface area (Å²) in [6.45, 7) is 10.8. The molecule has 0 spiro atoms. The van der Waals surface area contributed by atoms with Crippen molar-refractivity contribution in [3.63, 3.8) is 0 Å². The van der Waals surface area contributed by atoms with Crippen molar-refractivity contribution in [3.05, 3.63) is 94.9 Å². The summed E-state index contributed by atoms with van der Waals surface area (Å²) in [5, 5.41) is 0.398. The fourth-order valence-electron chi connectivity index (χ4n) is 2.84. The van der Waals surface area contributed by atoms with Crippen molar-refractivity contribution in [3.8, 4) is 0 Å². The molecule has 2 aromatic rings. The molecular formula is C22H23ClFN. The van der Waals surface area contributed by atoms with Gasteiger partial charge < -0.3 is 4.90 Å². The molecule has 0 N–H and O–H groups in total. The lowest BCUT2D eigenvalue weighted by Gasteiger charge is -2.32. The monoisotopic (exact) mass is 355 g/mol. The maximum absolute atomic E-state index is 14.6. The van der Waals surface area contributed by atoms with Crippen LogP contribution in [0.3, 0.4) is 0 Å². The van der Waals surface area contributed by atoms with E-state index in [1.807, 2.05) is 68.2 Å².